The van der Waals surface area contributed by atoms with Crippen LogP contribution in [0.3, 0.4) is 0 Å². The fourth-order valence-electron chi connectivity index (χ4n) is 1.90. The molecule has 21 heavy (non-hydrogen) atoms. The maximum Gasteiger partial charge on any atom is 0.251 e. The van der Waals surface area contributed by atoms with E-state index in [1.54, 1.807) is 26.0 Å². The van der Waals surface area contributed by atoms with Crippen LogP contribution in [0.4, 0.5) is 14.5 Å². The van der Waals surface area contributed by atoms with Gasteiger partial charge in [0.25, 0.3) is 5.91 Å². The quantitative estimate of drug-likeness (QED) is 0.890. The summed E-state index contributed by atoms with van der Waals surface area (Å²) in [4.78, 5) is 11.9. The van der Waals surface area contributed by atoms with Crippen LogP contribution in [0.2, 0.25) is 0 Å². The topological polar surface area (TPSA) is 54.3 Å². The smallest absolute Gasteiger partial charge is 0.251 e. The molecule has 2 rings (SSSR count). The first-order valence-electron chi connectivity index (χ1n) is 6.57. The van der Waals surface area contributed by atoms with Crippen molar-refractivity contribution in [3.8, 4) is 0 Å². The average molecular weight is 294 g/mol. The molecule has 0 saturated heterocycles. The van der Waals surface area contributed by atoms with Gasteiger partial charge in [0.2, 0.25) is 0 Å². The van der Waals surface area contributed by atoms with Crippen molar-refractivity contribution in [2.75, 3.05) is 11.9 Å². The number of benzene rings is 1. The number of nitrogens with one attached hydrogen (secondary N) is 2. The summed E-state index contributed by atoms with van der Waals surface area (Å²) < 4.78 is 32.7. The summed E-state index contributed by atoms with van der Waals surface area (Å²) in [6.07, 6.45) is 0. The van der Waals surface area contributed by atoms with Crippen LogP contribution in [-0.4, -0.2) is 12.5 Å². The van der Waals surface area contributed by atoms with E-state index in [1.807, 2.05) is 0 Å². The van der Waals surface area contributed by atoms with Crippen molar-refractivity contribution in [1.82, 2.24) is 5.32 Å². The number of amides is 1. The summed E-state index contributed by atoms with van der Waals surface area (Å²) in [6, 6.07) is 5.50. The molecule has 1 aromatic heterocycles. The minimum Gasteiger partial charge on any atom is -0.465 e. The first-order valence-corrected chi connectivity index (χ1v) is 6.57. The minimum absolute atomic E-state index is 0.0741. The third-order valence-corrected chi connectivity index (χ3v) is 2.88. The summed E-state index contributed by atoms with van der Waals surface area (Å²) in [5.74, 6) is -0.853. The Kier molecular flexibility index (Phi) is 4.57. The average Bonchev–Trinajstić information content (AvgIpc) is 2.85. The molecule has 1 aromatic carbocycles. The second-order valence-corrected chi connectivity index (χ2v) is 4.54. The monoisotopic (exact) mass is 294 g/mol. The van der Waals surface area contributed by atoms with Crippen LogP contribution >= 0.6 is 0 Å². The highest BCUT2D eigenvalue weighted by Gasteiger charge is 2.15. The van der Waals surface area contributed by atoms with Crippen molar-refractivity contribution in [1.29, 1.82) is 0 Å². The van der Waals surface area contributed by atoms with Gasteiger partial charge in [0.05, 0.1) is 6.54 Å². The summed E-state index contributed by atoms with van der Waals surface area (Å²) in [5.41, 5.74) is -0.300. The highest BCUT2D eigenvalue weighted by atomic mass is 19.1. The second kappa shape index (κ2) is 6.39. The Hall–Kier alpha value is -2.37. The lowest BCUT2D eigenvalue weighted by Gasteiger charge is -2.09. The Morgan fingerprint density at radius 1 is 1.24 bits per heavy atom. The zero-order valence-electron chi connectivity index (χ0n) is 11.8. The van der Waals surface area contributed by atoms with E-state index < -0.39 is 17.5 Å². The van der Waals surface area contributed by atoms with Crippen molar-refractivity contribution in [3.63, 3.8) is 0 Å². The molecular formula is C15H16F2N2O2. The Labute approximate surface area is 121 Å². The number of rotatable bonds is 5. The number of carbonyl (C=O) groups excluding carboxylic acids is 1. The van der Waals surface area contributed by atoms with E-state index in [4.69, 9.17) is 4.42 Å². The third kappa shape index (κ3) is 3.59. The van der Waals surface area contributed by atoms with Crippen molar-refractivity contribution in [2.24, 2.45) is 0 Å². The summed E-state index contributed by atoms with van der Waals surface area (Å²) in [7, 11) is 0. The van der Waals surface area contributed by atoms with Crippen molar-refractivity contribution >= 4 is 11.6 Å². The number of hydrogen-bond acceptors (Lipinski definition) is 3. The molecular weight excluding hydrogens is 278 g/mol. The molecule has 6 heteroatoms. The lowest BCUT2D eigenvalue weighted by Crippen LogP contribution is -2.23. The Bertz CT molecular complexity index is 630. The molecule has 1 heterocycles. The lowest BCUT2D eigenvalue weighted by atomic mass is 10.1. The van der Waals surface area contributed by atoms with Gasteiger partial charge in [0.15, 0.2) is 0 Å². The van der Waals surface area contributed by atoms with Gasteiger partial charge in [-0.2, -0.15) is 0 Å². The first-order chi connectivity index (χ1) is 10.0. The molecule has 2 aromatic rings. The zero-order chi connectivity index (χ0) is 15.4. The summed E-state index contributed by atoms with van der Waals surface area (Å²) >= 11 is 0. The highest BCUT2D eigenvalue weighted by Crippen LogP contribution is 2.20. The van der Waals surface area contributed by atoms with E-state index >= 15 is 0 Å². The van der Waals surface area contributed by atoms with E-state index in [0.717, 1.165) is 17.9 Å². The molecule has 0 aliphatic rings. The number of carbonyl (C=O) groups is 1. The van der Waals surface area contributed by atoms with Gasteiger partial charge >= 0.3 is 0 Å². The summed E-state index contributed by atoms with van der Waals surface area (Å²) in [6.45, 7) is 4.06. The van der Waals surface area contributed by atoms with Gasteiger partial charge in [0, 0.05) is 12.1 Å². The first kappa shape index (κ1) is 15.0. The van der Waals surface area contributed by atoms with Crippen LogP contribution < -0.4 is 10.6 Å². The second-order valence-electron chi connectivity index (χ2n) is 4.54. The molecule has 0 saturated carbocycles. The van der Waals surface area contributed by atoms with Crippen LogP contribution in [0.5, 0.6) is 0 Å². The lowest BCUT2D eigenvalue weighted by molar-refractivity contribution is 0.0947. The third-order valence-electron chi connectivity index (χ3n) is 2.88. The number of hydrogen-bond donors (Lipinski definition) is 2. The largest absolute Gasteiger partial charge is 0.465 e. The molecule has 1 amide bonds. The Balaban J connectivity index is 2.08. The van der Waals surface area contributed by atoms with Gasteiger partial charge < -0.3 is 15.1 Å². The standard InChI is InChI=1S/C15H16F2N2O2/c1-3-18-14-12(16)6-10(7-13(14)17)15(20)19-8-11-5-4-9(2)21-11/h4-7,18H,3,8H2,1-2H3,(H,19,20). The summed E-state index contributed by atoms with van der Waals surface area (Å²) in [5, 5.41) is 5.12. The fraction of sp³-hybridized carbons (Fsp3) is 0.267. The molecule has 0 radical (unpaired) electrons. The molecule has 0 fully saturated rings. The van der Waals surface area contributed by atoms with Crippen molar-refractivity contribution in [3.05, 3.63) is 53.0 Å². The van der Waals surface area contributed by atoms with Crippen LogP contribution in [0.1, 0.15) is 28.8 Å². The number of aryl methyl sites for hydroxylation is 1. The van der Waals surface area contributed by atoms with Crippen molar-refractivity contribution < 1.29 is 18.0 Å². The SMILES string of the molecule is CCNc1c(F)cc(C(=O)NCc2ccc(C)o2)cc1F. The van der Waals surface area contributed by atoms with Gasteiger partial charge in [-0.3, -0.25) is 4.79 Å². The normalized spacial score (nSPS) is 10.5. The van der Waals surface area contributed by atoms with E-state index in [2.05, 4.69) is 10.6 Å². The number of furan rings is 1. The molecule has 0 atom stereocenters. The fourth-order valence-corrected chi connectivity index (χ4v) is 1.90. The van der Waals surface area contributed by atoms with Crippen LogP contribution in [-0.2, 0) is 6.54 Å². The van der Waals surface area contributed by atoms with E-state index in [-0.39, 0.29) is 17.8 Å². The molecule has 0 unspecified atom stereocenters. The van der Waals surface area contributed by atoms with Gasteiger partial charge in [-0.25, -0.2) is 8.78 Å². The minimum atomic E-state index is -0.796. The molecule has 0 spiro atoms. The maximum absolute atomic E-state index is 13.7. The Morgan fingerprint density at radius 3 is 2.43 bits per heavy atom. The molecule has 0 bridgehead atoms. The molecule has 4 nitrogen and oxygen atoms in total. The van der Waals surface area contributed by atoms with Gasteiger partial charge in [-0.1, -0.05) is 0 Å². The van der Waals surface area contributed by atoms with Gasteiger partial charge in [-0.15, -0.1) is 0 Å². The van der Waals surface area contributed by atoms with E-state index in [1.165, 1.54) is 0 Å². The Morgan fingerprint density at radius 2 is 1.90 bits per heavy atom. The predicted octanol–water partition coefficient (Wildman–Crippen LogP) is 3.23. The zero-order valence-corrected chi connectivity index (χ0v) is 11.8. The highest BCUT2D eigenvalue weighted by molar-refractivity contribution is 5.94. The van der Waals surface area contributed by atoms with E-state index in [0.29, 0.717) is 12.3 Å². The molecule has 2 N–H and O–H groups in total. The van der Waals surface area contributed by atoms with E-state index in [9.17, 15) is 13.6 Å². The van der Waals surface area contributed by atoms with Crippen LogP contribution in [0.25, 0.3) is 0 Å². The van der Waals surface area contributed by atoms with Gasteiger partial charge in [-0.05, 0) is 38.1 Å². The van der Waals surface area contributed by atoms with Crippen molar-refractivity contribution in [2.45, 2.75) is 20.4 Å². The number of halogens is 2. The van der Waals surface area contributed by atoms with Gasteiger partial charge in [0.1, 0.15) is 28.8 Å². The predicted molar refractivity (Wildman–Crippen MR) is 75.1 cm³/mol. The van der Waals surface area contributed by atoms with Crippen LogP contribution in [0, 0.1) is 18.6 Å². The number of anilines is 1. The molecule has 112 valence electrons. The maximum atomic E-state index is 13.7. The van der Waals surface area contributed by atoms with Crippen LogP contribution in [0.15, 0.2) is 28.7 Å². The molecule has 0 aliphatic carbocycles. The molecule has 0 aliphatic heterocycles.